The summed E-state index contributed by atoms with van der Waals surface area (Å²) in [6, 6.07) is 18.5. The highest BCUT2D eigenvalue weighted by atomic mass is 16.7. The molecular formula is C36H44B2O4. The fourth-order valence-corrected chi connectivity index (χ4v) is 7.25. The van der Waals surface area contributed by atoms with Crippen LogP contribution in [0.5, 0.6) is 0 Å². The molecule has 218 valence electrons. The van der Waals surface area contributed by atoms with Crippen LogP contribution in [0.4, 0.5) is 0 Å². The number of rotatable bonds is 2. The Morgan fingerprint density at radius 2 is 0.667 bits per heavy atom. The predicted octanol–water partition coefficient (Wildman–Crippen LogP) is 6.90. The molecule has 0 amide bonds. The van der Waals surface area contributed by atoms with Crippen LogP contribution in [0.3, 0.4) is 0 Å². The lowest BCUT2D eigenvalue weighted by molar-refractivity contribution is 0.00578. The Morgan fingerprint density at radius 3 is 0.976 bits per heavy atom. The summed E-state index contributed by atoms with van der Waals surface area (Å²) in [6.45, 7) is 26.3. The molecule has 42 heavy (non-hydrogen) atoms. The summed E-state index contributed by atoms with van der Waals surface area (Å²) in [7, 11) is -0.734. The van der Waals surface area contributed by atoms with Gasteiger partial charge >= 0.3 is 14.2 Å². The molecule has 0 atom stereocenters. The molecule has 2 aliphatic heterocycles. The summed E-state index contributed by atoms with van der Waals surface area (Å²) in [4.78, 5) is 0. The van der Waals surface area contributed by atoms with E-state index in [0.717, 1.165) is 10.9 Å². The van der Waals surface area contributed by atoms with Gasteiger partial charge in [-0.05, 0) is 123 Å². The fourth-order valence-electron chi connectivity index (χ4n) is 7.25. The molecular weight excluding hydrogens is 518 g/mol. The SMILES string of the molecule is CC1(C)c2cc(B3OC(C)(C)C(C)(C)O3)ccc2-c2cc3c(cc21)-c1ccc(B2OC(C)(C)C(C)(C)O2)cc1C3(C)C. The van der Waals surface area contributed by atoms with E-state index in [4.69, 9.17) is 18.6 Å². The van der Waals surface area contributed by atoms with Crippen LogP contribution in [0.25, 0.3) is 22.3 Å². The van der Waals surface area contributed by atoms with Crippen molar-refractivity contribution in [3.8, 4) is 22.3 Å². The van der Waals surface area contributed by atoms with Gasteiger partial charge in [-0.1, -0.05) is 64.1 Å². The molecule has 2 heterocycles. The minimum Gasteiger partial charge on any atom is -0.399 e. The normalized spacial score (nSPS) is 24.4. The van der Waals surface area contributed by atoms with Gasteiger partial charge in [-0.25, -0.2) is 0 Å². The van der Waals surface area contributed by atoms with E-state index in [1.807, 2.05) is 0 Å². The molecule has 0 N–H and O–H groups in total. The number of hydrogen-bond donors (Lipinski definition) is 0. The molecule has 0 spiro atoms. The summed E-state index contributed by atoms with van der Waals surface area (Å²) in [5.74, 6) is 0. The van der Waals surface area contributed by atoms with Gasteiger partial charge in [0.15, 0.2) is 0 Å². The smallest absolute Gasteiger partial charge is 0.399 e. The van der Waals surface area contributed by atoms with Crippen LogP contribution in [-0.4, -0.2) is 36.6 Å². The minimum atomic E-state index is -0.367. The number of fused-ring (bicyclic) bond motifs is 6. The third-order valence-corrected chi connectivity index (χ3v) is 11.6. The average Bonchev–Trinajstić information content (AvgIpc) is 3.43. The molecule has 3 aromatic rings. The van der Waals surface area contributed by atoms with Gasteiger partial charge in [0.2, 0.25) is 0 Å². The molecule has 7 rings (SSSR count). The Hall–Kier alpha value is -2.37. The van der Waals surface area contributed by atoms with Gasteiger partial charge in [-0.3, -0.25) is 0 Å². The van der Waals surface area contributed by atoms with Crippen molar-refractivity contribution in [1.82, 2.24) is 0 Å². The Kier molecular flexibility index (Phi) is 5.55. The first kappa shape index (κ1) is 28.4. The van der Waals surface area contributed by atoms with Crippen molar-refractivity contribution < 1.29 is 18.6 Å². The Balaban J connectivity index is 1.28. The van der Waals surface area contributed by atoms with E-state index >= 15 is 0 Å². The molecule has 0 aromatic heterocycles. The molecule has 0 unspecified atom stereocenters. The summed E-state index contributed by atoms with van der Waals surface area (Å²) >= 11 is 0. The first-order chi connectivity index (χ1) is 19.3. The zero-order valence-corrected chi connectivity index (χ0v) is 27.4. The molecule has 2 fully saturated rings. The zero-order chi connectivity index (χ0) is 30.4. The van der Waals surface area contributed by atoms with Crippen LogP contribution in [0.1, 0.15) is 105 Å². The van der Waals surface area contributed by atoms with Crippen LogP contribution in [0.2, 0.25) is 0 Å². The van der Waals surface area contributed by atoms with E-state index in [1.165, 1.54) is 44.5 Å². The van der Waals surface area contributed by atoms with Gasteiger partial charge in [0.1, 0.15) is 0 Å². The Bertz CT molecular complexity index is 1510. The van der Waals surface area contributed by atoms with E-state index < -0.39 is 0 Å². The summed E-state index contributed by atoms with van der Waals surface area (Å²) in [5, 5.41) is 0. The van der Waals surface area contributed by atoms with E-state index in [-0.39, 0.29) is 47.5 Å². The summed E-state index contributed by atoms with van der Waals surface area (Å²) < 4.78 is 25.7. The van der Waals surface area contributed by atoms with Crippen LogP contribution in [-0.2, 0) is 29.4 Å². The lowest BCUT2D eigenvalue weighted by Gasteiger charge is -2.32. The van der Waals surface area contributed by atoms with Crippen LogP contribution in [0, 0.1) is 0 Å². The molecule has 4 nitrogen and oxygen atoms in total. The lowest BCUT2D eigenvalue weighted by atomic mass is 9.74. The highest BCUT2D eigenvalue weighted by Gasteiger charge is 2.53. The Labute approximate surface area is 252 Å². The van der Waals surface area contributed by atoms with Crippen LogP contribution in [0.15, 0.2) is 48.5 Å². The lowest BCUT2D eigenvalue weighted by Crippen LogP contribution is -2.41. The second kappa shape index (κ2) is 8.21. The summed E-state index contributed by atoms with van der Waals surface area (Å²) in [5.41, 5.74) is 11.1. The van der Waals surface area contributed by atoms with E-state index in [2.05, 4.69) is 132 Å². The van der Waals surface area contributed by atoms with E-state index in [0.29, 0.717) is 0 Å². The molecule has 0 bridgehead atoms. The quantitative estimate of drug-likeness (QED) is 0.319. The topological polar surface area (TPSA) is 36.9 Å². The van der Waals surface area contributed by atoms with Gasteiger partial charge in [-0.15, -0.1) is 0 Å². The monoisotopic (exact) mass is 562 g/mol. The van der Waals surface area contributed by atoms with Crippen molar-refractivity contribution in [2.75, 3.05) is 0 Å². The van der Waals surface area contributed by atoms with Gasteiger partial charge in [0.05, 0.1) is 22.4 Å². The van der Waals surface area contributed by atoms with Gasteiger partial charge in [-0.2, -0.15) is 0 Å². The highest BCUT2D eigenvalue weighted by Crippen LogP contribution is 2.56. The minimum absolute atomic E-state index is 0.144. The predicted molar refractivity (Wildman–Crippen MR) is 173 cm³/mol. The second-order valence-electron chi connectivity index (χ2n) is 16.0. The first-order valence-corrected chi connectivity index (χ1v) is 15.5. The van der Waals surface area contributed by atoms with Crippen molar-refractivity contribution in [3.05, 3.63) is 70.8 Å². The molecule has 6 heteroatoms. The van der Waals surface area contributed by atoms with E-state index in [9.17, 15) is 0 Å². The average molecular weight is 562 g/mol. The number of hydrogen-bond acceptors (Lipinski definition) is 4. The third-order valence-electron chi connectivity index (χ3n) is 11.6. The van der Waals surface area contributed by atoms with Crippen molar-refractivity contribution in [2.45, 2.75) is 116 Å². The third kappa shape index (κ3) is 3.65. The highest BCUT2D eigenvalue weighted by molar-refractivity contribution is 6.62. The van der Waals surface area contributed by atoms with Crippen LogP contribution >= 0.6 is 0 Å². The standard InChI is InChI=1S/C36H44B2O4/c1-31(2)27-17-21(37-39-33(5,6)34(7,8)40-37)13-15-23(27)25-20-30-26(19-29(25)31)24-16-14-22(18-28(24)32(30,3)4)38-41-35(9,10)36(11,12)42-38/h13-20H,1-12H3. The maximum absolute atomic E-state index is 6.42. The molecule has 3 aromatic carbocycles. The molecule has 2 saturated heterocycles. The van der Waals surface area contributed by atoms with E-state index in [1.54, 1.807) is 0 Å². The first-order valence-electron chi connectivity index (χ1n) is 15.5. The summed E-state index contributed by atoms with van der Waals surface area (Å²) in [6.07, 6.45) is 0. The van der Waals surface area contributed by atoms with Gasteiger partial charge in [0.25, 0.3) is 0 Å². The Morgan fingerprint density at radius 1 is 0.381 bits per heavy atom. The molecule has 4 aliphatic rings. The number of benzene rings is 3. The van der Waals surface area contributed by atoms with Crippen LogP contribution < -0.4 is 10.9 Å². The largest absolute Gasteiger partial charge is 0.494 e. The molecule has 0 radical (unpaired) electrons. The van der Waals surface area contributed by atoms with Crippen molar-refractivity contribution >= 4 is 25.2 Å². The fraction of sp³-hybridized carbons (Fsp3) is 0.500. The second-order valence-corrected chi connectivity index (χ2v) is 16.0. The van der Waals surface area contributed by atoms with Crippen molar-refractivity contribution in [1.29, 1.82) is 0 Å². The molecule has 0 saturated carbocycles. The van der Waals surface area contributed by atoms with Gasteiger partial charge in [0, 0.05) is 10.8 Å². The molecule has 2 aliphatic carbocycles. The van der Waals surface area contributed by atoms with Crippen molar-refractivity contribution in [3.63, 3.8) is 0 Å². The maximum atomic E-state index is 6.42. The zero-order valence-electron chi connectivity index (χ0n) is 27.4. The van der Waals surface area contributed by atoms with Gasteiger partial charge < -0.3 is 18.6 Å². The van der Waals surface area contributed by atoms with Crippen molar-refractivity contribution in [2.24, 2.45) is 0 Å². The maximum Gasteiger partial charge on any atom is 0.494 e.